The molecule has 0 radical (unpaired) electrons. The number of rotatable bonds is 8. The molecular formula is C14H22FNS. The Bertz CT molecular complexity index is 317. The van der Waals surface area contributed by atoms with Gasteiger partial charge in [0, 0.05) is 16.7 Å². The van der Waals surface area contributed by atoms with Crippen LogP contribution in [0.3, 0.4) is 0 Å². The van der Waals surface area contributed by atoms with E-state index in [-0.39, 0.29) is 5.82 Å². The Morgan fingerprint density at radius 2 is 2.00 bits per heavy atom. The van der Waals surface area contributed by atoms with E-state index >= 15 is 0 Å². The smallest absolute Gasteiger partial charge is 0.136 e. The van der Waals surface area contributed by atoms with E-state index in [0.717, 1.165) is 30.0 Å². The molecule has 1 nitrogen and oxygen atoms in total. The van der Waals surface area contributed by atoms with Crippen LogP contribution in [0.25, 0.3) is 0 Å². The van der Waals surface area contributed by atoms with Crippen LogP contribution in [0.5, 0.6) is 0 Å². The molecule has 0 aliphatic heterocycles. The Hall–Kier alpha value is -0.540. The SMILES string of the molecule is CCCNC(CCC)CSc1ccccc1F. The predicted octanol–water partition coefficient (Wildman–Crippen LogP) is 4.09. The summed E-state index contributed by atoms with van der Waals surface area (Å²) in [6.45, 7) is 5.40. The maximum absolute atomic E-state index is 13.4. The van der Waals surface area contributed by atoms with Gasteiger partial charge in [-0.1, -0.05) is 32.4 Å². The second-order valence-corrected chi connectivity index (χ2v) is 5.24. The van der Waals surface area contributed by atoms with E-state index in [4.69, 9.17) is 0 Å². The van der Waals surface area contributed by atoms with Crippen LogP contribution in [-0.2, 0) is 0 Å². The van der Waals surface area contributed by atoms with Crippen LogP contribution >= 0.6 is 11.8 Å². The third-order valence-electron chi connectivity index (χ3n) is 2.60. The molecule has 0 heterocycles. The highest BCUT2D eigenvalue weighted by molar-refractivity contribution is 7.99. The first kappa shape index (κ1) is 14.5. The number of benzene rings is 1. The lowest BCUT2D eigenvalue weighted by atomic mass is 10.2. The average Bonchev–Trinajstić information content (AvgIpc) is 2.34. The summed E-state index contributed by atoms with van der Waals surface area (Å²) in [6, 6.07) is 7.49. The Labute approximate surface area is 108 Å². The highest BCUT2D eigenvalue weighted by atomic mass is 32.2. The van der Waals surface area contributed by atoms with Gasteiger partial charge in [-0.2, -0.15) is 0 Å². The van der Waals surface area contributed by atoms with Gasteiger partial charge in [-0.05, 0) is 31.5 Å². The molecule has 0 spiro atoms. The van der Waals surface area contributed by atoms with Crippen molar-refractivity contribution in [1.82, 2.24) is 5.32 Å². The van der Waals surface area contributed by atoms with Gasteiger partial charge in [0.25, 0.3) is 0 Å². The van der Waals surface area contributed by atoms with Gasteiger partial charge in [0.15, 0.2) is 0 Å². The van der Waals surface area contributed by atoms with Crippen LogP contribution in [-0.4, -0.2) is 18.3 Å². The fraction of sp³-hybridized carbons (Fsp3) is 0.571. The summed E-state index contributed by atoms with van der Waals surface area (Å²) < 4.78 is 13.4. The van der Waals surface area contributed by atoms with Crippen molar-refractivity contribution in [3.63, 3.8) is 0 Å². The van der Waals surface area contributed by atoms with Gasteiger partial charge in [0.05, 0.1) is 0 Å². The van der Waals surface area contributed by atoms with E-state index in [0.29, 0.717) is 6.04 Å². The molecule has 0 amide bonds. The first-order valence-electron chi connectivity index (χ1n) is 6.38. The predicted molar refractivity (Wildman–Crippen MR) is 74.1 cm³/mol. The van der Waals surface area contributed by atoms with Gasteiger partial charge in [-0.15, -0.1) is 11.8 Å². The molecule has 0 saturated carbocycles. The maximum Gasteiger partial charge on any atom is 0.136 e. The van der Waals surface area contributed by atoms with Crippen LogP contribution in [0.15, 0.2) is 29.2 Å². The number of nitrogens with one attached hydrogen (secondary N) is 1. The van der Waals surface area contributed by atoms with Gasteiger partial charge in [0.1, 0.15) is 5.82 Å². The molecule has 0 bridgehead atoms. The number of hydrogen-bond acceptors (Lipinski definition) is 2. The first-order chi connectivity index (χ1) is 8.27. The Balaban J connectivity index is 2.42. The van der Waals surface area contributed by atoms with E-state index in [2.05, 4.69) is 19.2 Å². The van der Waals surface area contributed by atoms with Crippen molar-refractivity contribution < 1.29 is 4.39 Å². The largest absolute Gasteiger partial charge is 0.313 e. The van der Waals surface area contributed by atoms with Gasteiger partial charge in [-0.25, -0.2) is 4.39 Å². The van der Waals surface area contributed by atoms with Crippen molar-refractivity contribution in [3.05, 3.63) is 30.1 Å². The minimum atomic E-state index is -0.108. The molecule has 1 rings (SSSR count). The molecule has 1 aromatic carbocycles. The fourth-order valence-electron chi connectivity index (χ4n) is 1.69. The van der Waals surface area contributed by atoms with Crippen molar-refractivity contribution in [2.24, 2.45) is 0 Å². The summed E-state index contributed by atoms with van der Waals surface area (Å²) in [6.07, 6.45) is 3.46. The Kier molecular flexibility index (Phi) is 7.29. The molecule has 0 aliphatic carbocycles. The number of thioether (sulfide) groups is 1. The van der Waals surface area contributed by atoms with Crippen LogP contribution in [0.1, 0.15) is 33.1 Å². The average molecular weight is 255 g/mol. The van der Waals surface area contributed by atoms with Crippen molar-refractivity contribution >= 4 is 11.8 Å². The Morgan fingerprint density at radius 1 is 1.24 bits per heavy atom. The molecule has 1 N–H and O–H groups in total. The zero-order valence-corrected chi connectivity index (χ0v) is 11.5. The molecule has 0 fully saturated rings. The molecule has 3 heteroatoms. The highest BCUT2D eigenvalue weighted by Crippen LogP contribution is 2.22. The molecule has 1 unspecified atom stereocenters. The molecule has 0 aliphatic rings. The minimum Gasteiger partial charge on any atom is -0.313 e. The van der Waals surface area contributed by atoms with Crippen LogP contribution < -0.4 is 5.32 Å². The van der Waals surface area contributed by atoms with Crippen LogP contribution in [0, 0.1) is 5.82 Å². The van der Waals surface area contributed by atoms with E-state index in [1.54, 1.807) is 17.8 Å². The van der Waals surface area contributed by atoms with Crippen molar-refractivity contribution in [2.45, 2.75) is 44.0 Å². The topological polar surface area (TPSA) is 12.0 Å². The number of hydrogen-bond donors (Lipinski definition) is 1. The van der Waals surface area contributed by atoms with E-state index < -0.39 is 0 Å². The van der Waals surface area contributed by atoms with Gasteiger partial charge in [-0.3, -0.25) is 0 Å². The quantitative estimate of drug-likeness (QED) is 0.702. The van der Waals surface area contributed by atoms with Gasteiger partial charge in [0.2, 0.25) is 0 Å². The van der Waals surface area contributed by atoms with Crippen molar-refractivity contribution in [1.29, 1.82) is 0 Å². The summed E-state index contributed by atoms with van der Waals surface area (Å²) >= 11 is 1.61. The van der Waals surface area contributed by atoms with Crippen molar-refractivity contribution in [3.8, 4) is 0 Å². The van der Waals surface area contributed by atoms with E-state index in [9.17, 15) is 4.39 Å². The molecule has 1 aromatic rings. The Morgan fingerprint density at radius 3 is 2.65 bits per heavy atom. The summed E-state index contributed by atoms with van der Waals surface area (Å²) in [7, 11) is 0. The maximum atomic E-state index is 13.4. The summed E-state index contributed by atoms with van der Waals surface area (Å²) in [5.74, 6) is 0.831. The molecule has 0 aromatic heterocycles. The number of halogens is 1. The standard InChI is InChI=1S/C14H22FNS/c1-3-7-12(16-10-4-2)11-17-14-9-6-5-8-13(14)15/h5-6,8-9,12,16H,3-4,7,10-11H2,1-2H3. The first-order valence-corrected chi connectivity index (χ1v) is 7.37. The van der Waals surface area contributed by atoms with Crippen LogP contribution in [0.2, 0.25) is 0 Å². The second-order valence-electron chi connectivity index (χ2n) is 4.18. The van der Waals surface area contributed by atoms with Gasteiger partial charge >= 0.3 is 0 Å². The summed E-state index contributed by atoms with van der Waals surface area (Å²) in [4.78, 5) is 0.756. The van der Waals surface area contributed by atoms with E-state index in [1.807, 2.05) is 12.1 Å². The molecular weight excluding hydrogens is 233 g/mol. The zero-order valence-electron chi connectivity index (χ0n) is 10.7. The third kappa shape index (κ3) is 5.55. The molecule has 96 valence electrons. The van der Waals surface area contributed by atoms with Crippen LogP contribution in [0.4, 0.5) is 4.39 Å². The lowest BCUT2D eigenvalue weighted by molar-refractivity contribution is 0.514. The molecule has 17 heavy (non-hydrogen) atoms. The summed E-state index contributed by atoms with van der Waals surface area (Å²) in [5, 5.41) is 3.52. The zero-order chi connectivity index (χ0) is 12.5. The second kappa shape index (κ2) is 8.54. The normalized spacial score (nSPS) is 12.6. The monoisotopic (exact) mass is 255 g/mol. The molecule has 0 saturated heterocycles. The van der Waals surface area contributed by atoms with E-state index in [1.165, 1.54) is 12.5 Å². The molecule has 1 atom stereocenters. The summed E-state index contributed by atoms with van der Waals surface area (Å²) in [5.41, 5.74) is 0. The highest BCUT2D eigenvalue weighted by Gasteiger charge is 2.09. The fourth-order valence-corrected chi connectivity index (χ4v) is 2.74. The lowest BCUT2D eigenvalue weighted by Crippen LogP contribution is -2.31. The van der Waals surface area contributed by atoms with Gasteiger partial charge < -0.3 is 5.32 Å². The lowest BCUT2D eigenvalue weighted by Gasteiger charge is -2.17. The van der Waals surface area contributed by atoms with Crippen molar-refractivity contribution in [2.75, 3.05) is 12.3 Å². The third-order valence-corrected chi connectivity index (χ3v) is 3.81. The minimum absolute atomic E-state index is 0.108.